The standard InChI is InChI=1S/C10H10BrFO4/c11-7-3-6(1-2-8(7)12)9(13)4-16-5-10(14)15/h1-3,9,13H,4-5H2,(H,14,15). The van der Waals surface area contributed by atoms with Gasteiger partial charge < -0.3 is 14.9 Å². The second-order valence-electron chi connectivity index (χ2n) is 3.10. The predicted octanol–water partition coefficient (Wildman–Crippen LogP) is 1.72. The van der Waals surface area contributed by atoms with Gasteiger partial charge in [0.05, 0.1) is 11.1 Å². The van der Waals surface area contributed by atoms with Gasteiger partial charge in [-0.15, -0.1) is 0 Å². The molecule has 1 rings (SSSR count). The minimum Gasteiger partial charge on any atom is -0.480 e. The Hall–Kier alpha value is -0.980. The van der Waals surface area contributed by atoms with Crippen LogP contribution < -0.4 is 0 Å². The lowest BCUT2D eigenvalue weighted by Gasteiger charge is -2.11. The van der Waals surface area contributed by atoms with Crippen molar-refractivity contribution in [2.75, 3.05) is 13.2 Å². The summed E-state index contributed by atoms with van der Waals surface area (Å²) in [5.74, 6) is -1.53. The molecule has 0 saturated carbocycles. The van der Waals surface area contributed by atoms with Crippen molar-refractivity contribution in [3.8, 4) is 0 Å². The first-order valence-electron chi connectivity index (χ1n) is 4.43. The Morgan fingerprint density at radius 2 is 2.25 bits per heavy atom. The quantitative estimate of drug-likeness (QED) is 0.867. The largest absolute Gasteiger partial charge is 0.480 e. The van der Waals surface area contributed by atoms with E-state index in [-0.39, 0.29) is 11.1 Å². The Morgan fingerprint density at radius 1 is 1.56 bits per heavy atom. The Bertz CT molecular complexity index is 383. The van der Waals surface area contributed by atoms with E-state index in [1.165, 1.54) is 18.2 Å². The topological polar surface area (TPSA) is 66.8 Å². The van der Waals surface area contributed by atoms with Crippen molar-refractivity contribution >= 4 is 21.9 Å². The van der Waals surface area contributed by atoms with Crippen LogP contribution in [-0.2, 0) is 9.53 Å². The number of carboxylic acids is 1. The summed E-state index contributed by atoms with van der Waals surface area (Å²) in [5.41, 5.74) is 0.457. The number of ether oxygens (including phenoxy) is 1. The fourth-order valence-corrected chi connectivity index (χ4v) is 1.47. The molecule has 1 atom stereocenters. The maximum absolute atomic E-state index is 12.9. The van der Waals surface area contributed by atoms with Crippen molar-refractivity contribution in [3.05, 3.63) is 34.1 Å². The van der Waals surface area contributed by atoms with Gasteiger partial charge in [-0.25, -0.2) is 9.18 Å². The first-order chi connectivity index (χ1) is 7.50. The highest BCUT2D eigenvalue weighted by molar-refractivity contribution is 9.10. The van der Waals surface area contributed by atoms with Crippen molar-refractivity contribution in [1.82, 2.24) is 0 Å². The number of hydrogen-bond donors (Lipinski definition) is 2. The number of halogens is 2. The molecule has 0 fully saturated rings. The van der Waals surface area contributed by atoms with Crippen LogP contribution in [0.15, 0.2) is 22.7 Å². The molecule has 0 saturated heterocycles. The summed E-state index contributed by atoms with van der Waals surface area (Å²) in [6.07, 6.45) is -0.976. The van der Waals surface area contributed by atoms with E-state index < -0.39 is 24.5 Å². The highest BCUT2D eigenvalue weighted by Gasteiger charge is 2.10. The Morgan fingerprint density at radius 3 is 2.81 bits per heavy atom. The second kappa shape index (κ2) is 5.93. The number of aliphatic hydroxyl groups is 1. The van der Waals surface area contributed by atoms with Crippen molar-refractivity contribution in [1.29, 1.82) is 0 Å². The molecular weight excluding hydrogens is 283 g/mol. The van der Waals surface area contributed by atoms with Crippen LogP contribution in [0.1, 0.15) is 11.7 Å². The number of rotatable bonds is 5. The number of carbonyl (C=O) groups is 1. The van der Waals surface area contributed by atoms with Crippen molar-refractivity contribution < 1.29 is 24.1 Å². The summed E-state index contributed by atoms with van der Waals surface area (Å²) in [5, 5.41) is 17.9. The molecular formula is C10H10BrFO4. The fourth-order valence-electron chi connectivity index (χ4n) is 1.07. The first-order valence-corrected chi connectivity index (χ1v) is 5.22. The van der Waals surface area contributed by atoms with Crippen LogP contribution in [0.4, 0.5) is 4.39 Å². The van der Waals surface area contributed by atoms with Gasteiger partial charge in [-0.3, -0.25) is 0 Å². The van der Waals surface area contributed by atoms with Gasteiger partial charge in [0, 0.05) is 0 Å². The molecule has 0 radical (unpaired) electrons. The lowest BCUT2D eigenvalue weighted by atomic mass is 10.1. The SMILES string of the molecule is O=C(O)COCC(O)c1ccc(F)c(Br)c1. The third-order valence-corrected chi connectivity index (χ3v) is 2.44. The van der Waals surface area contributed by atoms with Gasteiger partial charge >= 0.3 is 5.97 Å². The monoisotopic (exact) mass is 292 g/mol. The summed E-state index contributed by atoms with van der Waals surface area (Å²) in [6.45, 7) is -0.621. The molecule has 0 spiro atoms. The van der Waals surface area contributed by atoms with E-state index in [1.807, 2.05) is 0 Å². The first kappa shape index (κ1) is 13.1. The lowest BCUT2D eigenvalue weighted by molar-refractivity contribution is -0.143. The number of benzene rings is 1. The smallest absolute Gasteiger partial charge is 0.329 e. The third kappa shape index (κ3) is 3.88. The maximum atomic E-state index is 12.9. The van der Waals surface area contributed by atoms with E-state index >= 15 is 0 Å². The Balaban J connectivity index is 2.55. The number of aliphatic carboxylic acids is 1. The number of aliphatic hydroxyl groups excluding tert-OH is 1. The summed E-state index contributed by atoms with van der Waals surface area (Å²) >= 11 is 2.98. The zero-order valence-electron chi connectivity index (χ0n) is 8.19. The highest BCUT2D eigenvalue weighted by atomic mass is 79.9. The van der Waals surface area contributed by atoms with Crippen molar-refractivity contribution in [2.45, 2.75) is 6.10 Å². The van der Waals surface area contributed by atoms with Gasteiger partial charge in [-0.05, 0) is 33.6 Å². The van der Waals surface area contributed by atoms with E-state index in [1.54, 1.807) is 0 Å². The highest BCUT2D eigenvalue weighted by Crippen LogP contribution is 2.21. The van der Waals surface area contributed by atoms with Crippen LogP contribution in [0.25, 0.3) is 0 Å². The third-order valence-electron chi connectivity index (χ3n) is 1.83. The molecule has 0 aliphatic carbocycles. The molecule has 2 N–H and O–H groups in total. The van der Waals surface area contributed by atoms with Crippen LogP contribution in [0, 0.1) is 5.82 Å². The zero-order valence-corrected chi connectivity index (χ0v) is 9.78. The van der Waals surface area contributed by atoms with Crippen LogP contribution >= 0.6 is 15.9 Å². The average molecular weight is 293 g/mol. The van der Waals surface area contributed by atoms with E-state index in [9.17, 15) is 14.3 Å². The second-order valence-corrected chi connectivity index (χ2v) is 3.95. The number of carboxylic acid groups (broad SMARTS) is 1. The van der Waals surface area contributed by atoms with Gasteiger partial charge in [0.25, 0.3) is 0 Å². The molecule has 0 heterocycles. The lowest BCUT2D eigenvalue weighted by Crippen LogP contribution is -2.13. The molecule has 0 amide bonds. The number of hydrogen-bond acceptors (Lipinski definition) is 3. The normalized spacial score (nSPS) is 12.4. The molecule has 16 heavy (non-hydrogen) atoms. The molecule has 88 valence electrons. The van der Waals surface area contributed by atoms with Crippen LogP contribution in [-0.4, -0.2) is 29.4 Å². The van der Waals surface area contributed by atoms with Crippen LogP contribution in [0.3, 0.4) is 0 Å². The maximum Gasteiger partial charge on any atom is 0.329 e. The molecule has 1 aromatic rings. The van der Waals surface area contributed by atoms with E-state index in [0.29, 0.717) is 5.56 Å². The Kier molecular flexibility index (Phi) is 4.85. The predicted molar refractivity (Wildman–Crippen MR) is 57.5 cm³/mol. The molecule has 1 aromatic carbocycles. The minimum atomic E-state index is -1.10. The van der Waals surface area contributed by atoms with Crippen LogP contribution in [0.2, 0.25) is 0 Å². The summed E-state index contributed by atoms with van der Waals surface area (Å²) in [4.78, 5) is 10.2. The van der Waals surface area contributed by atoms with Crippen molar-refractivity contribution in [2.24, 2.45) is 0 Å². The molecule has 0 aromatic heterocycles. The van der Waals surface area contributed by atoms with E-state index in [2.05, 4.69) is 15.9 Å². The molecule has 1 unspecified atom stereocenters. The molecule has 0 aliphatic rings. The molecule has 0 aliphatic heterocycles. The van der Waals surface area contributed by atoms with E-state index in [0.717, 1.165) is 0 Å². The summed E-state index contributed by atoms with van der Waals surface area (Å²) in [7, 11) is 0. The van der Waals surface area contributed by atoms with E-state index in [4.69, 9.17) is 9.84 Å². The van der Waals surface area contributed by atoms with Gasteiger partial charge in [-0.1, -0.05) is 6.07 Å². The van der Waals surface area contributed by atoms with Gasteiger partial charge in [0.1, 0.15) is 18.5 Å². The van der Waals surface area contributed by atoms with Gasteiger partial charge in [0.2, 0.25) is 0 Å². The fraction of sp³-hybridized carbons (Fsp3) is 0.300. The summed E-state index contributed by atoms with van der Waals surface area (Å²) < 4.78 is 17.8. The van der Waals surface area contributed by atoms with Crippen LogP contribution in [0.5, 0.6) is 0 Å². The molecule has 0 bridgehead atoms. The zero-order chi connectivity index (χ0) is 12.1. The molecule has 6 heteroatoms. The Labute approximate surface area is 99.8 Å². The van der Waals surface area contributed by atoms with Crippen molar-refractivity contribution in [3.63, 3.8) is 0 Å². The van der Waals surface area contributed by atoms with Gasteiger partial charge in [-0.2, -0.15) is 0 Å². The average Bonchev–Trinajstić information content (AvgIpc) is 2.21. The summed E-state index contributed by atoms with van der Waals surface area (Å²) in [6, 6.07) is 4.04. The van der Waals surface area contributed by atoms with Gasteiger partial charge in [0.15, 0.2) is 0 Å². The molecule has 4 nitrogen and oxygen atoms in total. The minimum absolute atomic E-state index is 0.148.